The summed E-state index contributed by atoms with van der Waals surface area (Å²) in [6, 6.07) is 9.89. The quantitative estimate of drug-likeness (QED) is 0.713. The first-order chi connectivity index (χ1) is 7.22. The lowest BCUT2D eigenvalue weighted by atomic mass is 10.0. The lowest BCUT2D eigenvalue weighted by Crippen LogP contribution is -2.13. The molecular formula is C13H17FO. The van der Waals surface area contributed by atoms with E-state index in [1.807, 2.05) is 30.3 Å². The number of halogens is 1. The van der Waals surface area contributed by atoms with Gasteiger partial charge in [-0.25, -0.2) is 4.39 Å². The number of aliphatic hydroxyl groups excluding tert-OH is 1. The van der Waals surface area contributed by atoms with Gasteiger partial charge in [-0.3, -0.25) is 0 Å². The number of hydrogen-bond donors (Lipinski definition) is 1. The van der Waals surface area contributed by atoms with Gasteiger partial charge in [-0.1, -0.05) is 36.4 Å². The minimum Gasteiger partial charge on any atom is -0.393 e. The summed E-state index contributed by atoms with van der Waals surface area (Å²) in [4.78, 5) is 0. The average molecular weight is 208 g/mol. The molecule has 0 fully saturated rings. The molecule has 0 aliphatic rings. The van der Waals surface area contributed by atoms with Gasteiger partial charge in [-0.05, 0) is 18.4 Å². The normalized spacial score (nSPS) is 14.5. The zero-order valence-electron chi connectivity index (χ0n) is 8.77. The molecule has 1 aromatic rings. The van der Waals surface area contributed by atoms with Crippen LogP contribution in [0.3, 0.4) is 0 Å². The highest BCUT2D eigenvalue weighted by Gasteiger charge is 2.10. The molecule has 1 nitrogen and oxygen atoms in total. The number of benzene rings is 1. The Labute approximate surface area is 90.3 Å². The third kappa shape index (κ3) is 4.75. The molecule has 0 radical (unpaired) electrons. The largest absolute Gasteiger partial charge is 0.393 e. The van der Waals surface area contributed by atoms with Crippen LogP contribution in [0.15, 0.2) is 43.0 Å². The van der Waals surface area contributed by atoms with Crippen LogP contribution < -0.4 is 0 Å². The topological polar surface area (TPSA) is 20.2 Å². The third-order valence-corrected chi connectivity index (χ3v) is 2.36. The number of alkyl halides is 1. The van der Waals surface area contributed by atoms with E-state index in [0.29, 0.717) is 6.42 Å². The molecule has 1 rings (SSSR count). The summed E-state index contributed by atoms with van der Waals surface area (Å²) in [6.45, 7) is 3.35. The molecule has 1 aromatic carbocycles. The van der Waals surface area contributed by atoms with Gasteiger partial charge in [-0.2, -0.15) is 0 Å². The summed E-state index contributed by atoms with van der Waals surface area (Å²) < 4.78 is 12.8. The molecule has 2 atom stereocenters. The first kappa shape index (κ1) is 11.9. The van der Waals surface area contributed by atoms with E-state index in [9.17, 15) is 9.50 Å². The van der Waals surface area contributed by atoms with Crippen molar-refractivity contribution in [2.75, 3.05) is 0 Å². The van der Waals surface area contributed by atoms with E-state index >= 15 is 0 Å². The Morgan fingerprint density at radius 2 is 2.00 bits per heavy atom. The molecular weight excluding hydrogens is 191 g/mol. The first-order valence-electron chi connectivity index (χ1n) is 5.21. The molecule has 0 spiro atoms. The second-order valence-electron chi connectivity index (χ2n) is 3.67. The first-order valence-corrected chi connectivity index (χ1v) is 5.21. The Hall–Kier alpha value is -1.15. The molecule has 0 amide bonds. The molecule has 1 N–H and O–H groups in total. The van der Waals surface area contributed by atoms with E-state index in [4.69, 9.17) is 0 Å². The number of rotatable bonds is 6. The summed E-state index contributed by atoms with van der Waals surface area (Å²) in [5, 5.41) is 9.52. The van der Waals surface area contributed by atoms with Crippen molar-refractivity contribution in [1.29, 1.82) is 0 Å². The number of aryl methyl sites for hydroxylation is 1. The number of aliphatic hydroxyl groups is 1. The molecule has 2 heteroatoms. The van der Waals surface area contributed by atoms with Crippen LogP contribution in [0.25, 0.3) is 0 Å². The third-order valence-electron chi connectivity index (χ3n) is 2.36. The van der Waals surface area contributed by atoms with E-state index in [1.54, 1.807) is 0 Å². The predicted octanol–water partition coefficient (Wildman–Crippen LogP) is 2.89. The molecule has 0 saturated carbocycles. The summed E-state index contributed by atoms with van der Waals surface area (Å²) in [5.74, 6) is 0. The van der Waals surface area contributed by atoms with Crippen molar-refractivity contribution in [3.63, 3.8) is 0 Å². The van der Waals surface area contributed by atoms with Crippen molar-refractivity contribution in [3.05, 3.63) is 48.6 Å². The molecule has 2 unspecified atom stereocenters. The monoisotopic (exact) mass is 208 g/mol. The van der Waals surface area contributed by atoms with E-state index in [-0.39, 0.29) is 6.42 Å². The van der Waals surface area contributed by atoms with Gasteiger partial charge in [0.15, 0.2) is 0 Å². The van der Waals surface area contributed by atoms with Crippen LogP contribution in [0.5, 0.6) is 0 Å². The Morgan fingerprint density at radius 1 is 1.33 bits per heavy atom. The van der Waals surface area contributed by atoms with Crippen LogP contribution in [0, 0.1) is 0 Å². The Balaban J connectivity index is 2.28. The highest BCUT2D eigenvalue weighted by molar-refractivity contribution is 5.14. The van der Waals surface area contributed by atoms with Crippen LogP contribution in [-0.4, -0.2) is 17.4 Å². The molecule has 0 aromatic heterocycles. The van der Waals surface area contributed by atoms with Crippen molar-refractivity contribution < 1.29 is 9.50 Å². The van der Waals surface area contributed by atoms with Gasteiger partial charge in [0, 0.05) is 6.42 Å². The molecule has 0 saturated heterocycles. The smallest absolute Gasteiger partial charge is 0.120 e. The van der Waals surface area contributed by atoms with E-state index in [2.05, 4.69) is 6.58 Å². The van der Waals surface area contributed by atoms with E-state index in [0.717, 1.165) is 6.42 Å². The summed E-state index contributed by atoms with van der Waals surface area (Å²) in [5.41, 5.74) is 1.17. The molecule has 0 aliphatic heterocycles. The van der Waals surface area contributed by atoms with Crippen LogP contribution in [0.4, 0.5) is 4.39 Å². The lowest BCUT2D eigenvalue weighted by Gasteiger charge is -2.11. The second kappa shape index (κ2) is 6.36. The maximum absolute atomic E-state index is 12.8. The van der Waals surface area contributed by atoms with Crippen molar-refractivity contribution >= 4 is 0 Å². The van der Waals surface area contributed by atoms with Crippen LogP contribution in [0.1, 0.15) is 18.4 Å². The Bertz CT molecular complexity index is 284. The van der Waals surface area contributed by atoms with Gasteiger partial charge in [0.2, 0.25) is 0 Å². The van der Waals surface area contributed by atoms with Crippen LogP contribution >= 0.6 is 0 Å². The van der Waals surface area contributed by atoms with Crippen molar-refractivity contribution in [3.8, 4) is 0 Å². The fourth-order valence-electron chi connectivity index (χ4n) is 1.45. The van der Waals surface area contributed by atoms with Gasteiger partial charge < -0.3 is 5.11 Å². The maximum atomic E-state index is 12.8. The molecule has 82 valence electrons. The van der Waals surface area contributed by atoms with Gasteiger partial charge in [0.05, 0.1) is 6.10 Å². The fourth-order valence-corrected chi connectivity index (χ4v) is 1.45. The van der Waals surface area contributed by atoms with Gasteiger partial charge in [0.1, 0.15) is 6.17 Å². The Kier molecular flexibility index (Phi) is 5.05. The van der Waals surface area contributed by atoms with Crippen LogP contribution in [0.2, 0.25) is 0 Å². The maximum Gasteiger partial charge on any atom is 0.120 e. The number of allylic oxidation sites excluding steroid dienone is 1. The fraction of sp³-hybridized carbons (Fsp3) is 0.385. The minimum atomic E-state index is -1.10. The van der Waals surface area contributed by atoms with Crippen molar-refractivity contribution in [1.82, 2.24) is 0 Å². The average Bonchev–Trinajstić information content (AvgIpc) is 2.27. The van der Waals surface area contributed by atoms with E-state index in [1.165, 1.54) is 11.6 Å². The Morgan fingerprint density at radius 3 is 2.60 bits per heavy atom. The van der Waals surface area contributed by atoms with Gasteiger partial charge in [-0.15, -0.1) is 6.58 Å². The molecule has 15 heavy (non-hydrogen) atoms. The zero-order chi connectivity index (χ0) is 11.1. The molecule has 0 bridgehead atoms. The minimum absolute atomic E-state index is 0.149. The van der Waals surface area contributed by atoms with Gasteiger partial charge >= 0.3 is 0 Å². The zero-order valence-corrected chi connectivity index (χ0v) is 8.77. The highest BCUT2D eigenvalue weighted by atomic mass is 19.1. The lowest BCUT2D eigenvalue weighted by molar-refractivity contribution is 0.130. The second-order valence-corrected chi connectivity index (χ2v) is 3.67. The summed E-state index contributed by atoms with van der Waals surface area (Å²) in [6.07, 6.45) is 1.07. The van der Waals surface area contributed by atoms with Crippen LogP contribution in [-0.2, 0) is 6.42 Å². The standard InChI is InChI=1S/C13H17FO/c1-2-12(14)10-13(15)9-8-11-6-4-3-5-7-11/h2-7,12-13,15H,1,8-10H2. The molecule has 0 heterocycles. The van der Waals surface area contributed by atoms with Crippen molar-refractivity contribution in [2.24, 2.45) is 0 Å². The van der Waals surface area contributed by atoms with Gasteiger partial charge in [0.25, 0.3) is 0 Å². The predicted molar refractivity (Wildman–Crippen MR) is 60.5 cm³/mol. The van der Waals surface area contributed by atoms with E-state index < -0.39 is 12.3 Å². The SMILES string of the molecule is C=CC(F)CC(O)CCc1ccccc1. The summed E-state index contributed by atoms with van der Waals surface area (Å²) >= 11 is 0. The molecule has 0 aliphatic carbocycles. The highest BCUT2D eigenvalue weighted by Crippen LogP contribution is 2.10. The number of hydrogen-bond acceptors (Lipinski definition) is 1. The summed E-state index contributed by atoms with van der Waals surface area (Å²) in [7, 11) is 0. The van der Waals surface area contributed by atoms with Crippen molar-refractivity contribution in [2.45, 2.75) is 31.5 Å².